The highest BCUT2D eigenvalue weighted by Gasteiger charge is 2.16. The maximum Gasteiger partial charge on any atom is 0.140 e. The topological polar surface area (TPSA) is 40.5 Å². The Bertz CT molecular complexity index is 1350. The van der Waals surface area contributed by atoms with Gasteiger partial charge in [0.2, 0.25) is 0 Å². The Morgan fingerprint density at radius 1 is 0.500 bits per heavy atom. The van der Waals surface area contributed by atoms with Crippen LogP contribution < -0.4 is 0 Å². The molecular formula is C34H28O2. The van der Waals surface area contributed by atoms with Gasteiger partial charge in [-0.2, -0.15) is 0 Å². The fraction of sp³-hybridized carbons (Fsp3) is 0.176. The molecule has 4 aliphatic carbocycles. The lowest BCUT2D eigenvalue weighted by Crippen LogP contribution is -2.08. The average molecular weight is 469 g/mol. The molecule has 176 valence electrons. The van der Waals surface area contributed by atoms with Crippen LogP contribution in [0.15, 0.2) is 97.1 Å². The Morgan fingerprint density at radius 3 is 1.33 bits per heavy atom. The molecule has 0 heterocycles. The zero-order valence-electron chi connectivity index (χ0n) is 20.1. The molecule has 0 unspecified atom stereocenters. The molecule has 2 nitrogen and oxygen atoms in total. The quantitative estimate of drug-likeness (QED) is 0.368. The third kappa shape index (κ3) is 5.76. The van der Waals surface area contributed by atoms with E-state index < -0.39 is 12.2 Å². The monoisotopic (exact) mass is 468 g/mol. The Balaban J connectivity index is 1.43. The Hall–Kier alpha value is -4.08. The summed E-state index contributed by atoms with van der Waals surface area (Å²) in [6.07, 6.45) is 1.46. The Labute approximate surface area is 213 Å². The lowest BCUT2D eigenvalue weighted by molar-refractivity contribution is 0.236. The summed E-state index contributed by atoms with van der Waals surface area (Å²) in [6, 6.07) is 32.2. The van der Waals surface area contributed by atoms with E-state index in [0.717, 1.165) is 59.1 Å². The van der Waals surface area contributed by atoms with Gasteiger partial charge in [-0.1, -0.05) is 96.5 Å². The first-order chi connectivity index (χ1) is 17.7. The SMILES string of the molecule is O[C@@H](C#Cc1ccccc1)c1cc2ccc1CCc1ccc(cc1[C@@H](O)C#Cc1ccccc1)CC2. The predicted molar refractivity (Wildman–Crippen MR) is 144 cm³/mol. The number of aryl methyl sites for hydroxylation is 4. The van der Waals surface area contributed by atoms with Crippen LogP contribution in [0.5, 0.6) is 0 Å². The highest BCUT2D eigenvalue weighted by Crippen LogP contribution is 2.27. The van der Waals surface area contributed by atoms with E-state index in [1.165, 1.54) is 11.1 Å². The largest absolute Gasteiger partial charge is 0.376 e. The van der Waals surface area contributed by atoms with Gasteiger partial charge in [-0.25, -0.2) is 0 Å². The molecule has 36 heavy (non-hydrogen) atoms. The minimum atomic E-state index is -0.856. The van der Waals surface area contributed by atoms with Crippen molar-refractivity contribution in [1.82, 2.24) is 0 Å². The summed E-state index contributed by atoms with van der Waals surface area (Å²) in [5.74, 6) is 12.3. The average Bonchev–Trinajstić information content (AvgIpc) is 2.92. The number of hydrogen-bond donors (Lipinski definition) is 2. The molecular weight excluding hydrogens is 440 g/mol. The van der Waals surface area contributed by atoms with Gasteiger partial charge in [0.15, 0.2) is 0 Å². The van der Waals surface area contributed by atoms with Crippen LogP contribution in [0, 0.1) is 23.7 Å². The molecule has 4 aromatic carbocycles. The van der Waals surface area contributed by atoms with Crippen molar-refractivity contribution in [3.8, 4) is 23.7 Å². The van der Waals surface area contributed by atoms with Crippen LogP contribution in [0.4, 0.5) is 0 Å². The van der Waals surface area contributed by atoms with Gasteiger partial charge in [0, 0.05) is 11.1 Å². The molecule has 0 amide bonds. The standard InChI is InChI=1S/C34H28O2/c35-33(21-15-25-7-3-1-4-8-25)31-23-27-11-12-28-14-18-30(20-19-29(31)17-13-27)32(24-28)34(36)22-16-26-9-5-2-6-10-26/h1-10,13-14,17-18,23-24,33-36H,11-12,19-20H2/t33-,34-/m0/s1. The van der Waals surface area contributed by atoms with Gasteiger partial charge in [-0.15, -0.1) is 0 Å². The maximum atomic E-state index is 11.0. The fourth-order valence-electron chi connectivity index (χ4n) is 4.62. The second kappa shape index (κ2) is 11.1. The van der Waals surface area contributed by atoms with Crippen LogP contribution in [0.25, 0.3) is 0 Å². The van der Waals surface area contributed by atoms with E-state index in [1.54, 1.807) is 0 Å². The first-order valence-corrected chi connectivity index (χ1v) is 12.4. The molecule has 8 rings (SSSR count). The molecule has 0 radical (unpaired) electrons. The summed E-state index contributed by atoms with van der Waals surface area (Å²) >= 11 is 0. The van der Waals surface area contributed by atoms with Gasteiger partial charge >= 0.3 is 0 Å². The first-order valence-electron chi connectivity index (χ1n) is 12.4. The molecule has 0 aromatic heterocycles. The second-order valence-corrected chi connectivity index (χ2v) is 9.14. The van der Waals surface area contributed by atoms with Crippen molar-refractivity contribution < 1.29 is 10.2 Å². The fourth-order valence-corrected chi connectivity index (χ4v) is 4.62. The summed E-state index contributed by atoms with van der Waals surface area (Å²) in [5.41, 5.74) is 8.02. The smallest absolute Gasteiger partial charge is 0.140 e. The minimum Gasteiger partial charge on any atom is -0.376 e. The van der Waals surface area contributed by atoms with Gasteiger partial charge in [0.25, 0.3) is 0 Å². The van der Waals surface area contributed by atoms with Crippen molar-refractivity contribution in [3.05, 3.63) is 142 Å². The summed E-state index contributed by atoms with van der Waals surface area (Å²) in [5, 5.41) is 22.0. The lowest BCUT2D eigenvalue weighted by Gasteiger charge is -2.18. The highest BCUT2D eigenvalue weighted by molar-refractivity contribution is 5.44. The van der Waals surface area contributed by atoms with E-state index in [1.807, 2.05) is 60.7 Å². The Morgan fingerprint density at radius 2 is 0.917 bits per heavy atom. The summed E-state index contributed by atoms with van der Waals surface area (Å²) in [4.78, 5) is 0. The first kappa shape index (κ1) is 23.7. The van der Waals surface area contributed by atoms with Crippen LogP contribution in [0.2, 0.25) is 0 Å². The summed E-state index contributed by atoms with van der Waals surface area (Å²) in [7, 11) is 0. The van der Waals surface area contributed by atoms with Gasteiger partial charge in [-0.3, -0.25) is 0 Å². The van der Waals surface area contributed by atoms with E-state index in [9.17, 15) is 10.2 Å². The summed E-state index contributed by atoms with van der Waals surface area (Å²) < 4.78 is 0. The number of hydrogen-bond acceptors (Lipinski definition) is 2. The van der Waals surface area contributed by atoms with Crippen molar-refractivity contribution in [2.45, 2.75) is 37.9 Å². The van der Waals surface area contributed by atoms with Gasteiger partial charge in [0.1, 0.15) is 12.2 Å². The summed E-state index contributed by atoms with van der Waals surface area (Å²) in [6.45, 7) is 0. The molecule has 4 bridgehead atoms. The lowest BCUT2D eigenvalue weighted by atomic mass is 9.88. The molecule has 2 atom stereocenters. The second-order valence-electron chi connectivity index (χ2n) is 9.14. The molecule has 4 aliphatic rings. The number of benzene rings is 4. The number of rotatable bonds is 2. The zero-order valence-corrected chi connectivity index (χ0v) is 20.1. The molecule has 0 spiro atoms. The zero-order chi connectivity index (χ0) is 24.7. The van der Waals surface area contributed by atoms with Crippen LogP contribution in [0.3, 0.4) is 0 Å². The third-order valence-electron chi connectivity index (χ3n) is 6.63. The molecule has 0 saturated carbocycles. The van der Waals surface area contributed by atoms with Crippen molar-refractivity contribution in [2.75, 3.05) is 0 Å². The van der Waals surface area contributed by atoms with E-state index >= 15 is 0 Å². The molecule has 0 saturated heterocycles. The van der Waals surface area contributed by atoms with E-state index in [-0.39, 0.29) is 0 Å². The van der Waals surface area contributed by atoms with Crippen LogP contribution in [-0.4, -0.2) is 10.2 Å². The molecule has 2 heteroatoms. The number of aliphatic hydroxyl groups is 2. The van der Waals surface area contributed by atoms with Crippen molar-refractivity contribution >= 4 is 0 Å². The van der Waals surface area contributed by atoms with Gasteiger partial charge < -0.3 is 10.2 Å². The van der Waals surface area contributed by atoms with Crippen molar-refractivity contribution in [2.24, 2.45) is 0 Å². The van der Waals surface area contributed by atoms with Crippen molar-refractivity contribution in [3.63, 3.8) is 0 Å². The van der Waals surface area contributed by atoms with E-state index in [4.69, 9.17) is 0 Å². The van der Waals surface area contributed by atoms with Crippen LogP contribution >= 0.6 is 0 Å². The van der Waals surface area contributed by atoms with E-state index in [2.05, 4.69) is 60.1 Å². The Kier molecular flexibility index (Phi) is 7.30. The molecule has 4 aromatic rings. The van der Waals surface area contributed by atoms with Crippen LogP contribution in [-0.2, 0) is 25.7 Å². The molecule has 2 N–H and O–H groups in total. The third-order valence-corrected chi connectivity index (χ3v) is 6.63. The van der Waals surface area contributed by atoms with Gasteiger partial charge in [-0.05, 0) is 83.3 Å². The van der Waals surface area contributed by atoms with Crippen LogP contribution in [0.1, 0.15) is 56.7 Å². The predicted octanol–water partition coefficient (Wildman–Crippen LogP) is 5.74. The molecule has 0 fully saturated rings. The normalized spacial score (nSPS) is 13.8. The number of aliphatic hydroxyl groups excluding tert-OH is 2. The van der Waals surface area contributed by atoms with Gasteiger partial charge in [0.05, 0.1) is 0 Å². The minimum absolute atomic E-state index is 0.741. The highest BCUT2D eigenvalue weighted by atomic mass is 16.3. The molecule has 0 aliphatic heterocycles. The van der Waals surface area contributed by atoms with E-state index in [0.29, 0.717) is 0 Å². The maximum absolute atomic E-state index is 11.0. The van der Waals surface area contributed by atoms with Crippen molar-refractivity contribution in [1.29, 1.82) is 0 Å².